The first-order valence-corrected chi connectivity index (χ1v) is 13.0. The summed E-state index contributed by atoms with van der Waals surface area (Å²) in [5, 5.41) is 2.17. The Hall–Kier alpha value is -2.86. The SMILES string of the molecule is CCCCOc1cccc(C(=O)N(Cc2cccc3ccccc23)[C@H]2CCS(=O)(=O)C2)c1. The van der Waals surface area contributed by atoms with Gasteiger partial charge in [-0.2, -0.15) is 0 Å². The van der Waals surface area contributed by atoms with Gasteiger partial charge in [0.1, 0.15) is 5.75 Å². The molecule has 1 amide bonds. The van der Waals surface area contributed by atoms with Crippen molar-refractivity contribution in [2.45, 2.75) is 38.8 Å². The molecule has 4 rings (SSSR count). The van der Waals surface area contributed by atoms with Crippen LogP contribution < -0.4 is 4.74 Å². The molecule has 1 heterocycles. The number of ether oxygens (including phenoxy) is 1. The van der Waals surface area contributed by atoms with Crippen LogP contribution in [0.25, 0.3) is 10.8 Å². The first kappa shape index (κ1) is 22.3. The fourth-order valence-electron chi connectivity index (χ4n) is 4.22. The van der Waals surface area contributed by atoms with Crippen molar-refractivity contribution in [2.24, 2.45) is 0 Å². The Morgan fingerprint density at radius 2 is 1.84 bits per heavy atom. The first-order valence-electron chi connectivity index (χ1n) is 11.2. The zero-order valence-corrected chi connectivity index (χ0v) is 19.2. The smallest absolute Gasteiger partial charge is 0.254 e. The molecular formula is C26H29NO4S. The molecule has 1 atom stereocenters. The minimum Gasteiger partial charge on any atom is -0.494 e. The maximum absolute atomic E-state index is 13.6. The zero-order chi connectivity index (χ0) is 22.6. The molecule has 168 valence electrons. The summed E-state index contributed by atoms with van der Waals surface area (Å²) in [6.07, 6.45) is 2.45. The van der Waals surface area contributed by atoms with Crippen molar-refractivity contribution in [3.8, 4) is 5.75 Å². The van der Waals surface area contributed by atoms with Crippen molar-refractivity contribution in [1.29, 1.82) is 0 Å². The lowest BCUT2D eigenvalue weighted by atomic mass is 10.0. The molecule has 0 aliphatic carbocycles. The average molecular weight is 452 g/mol. The molecule has 1 fully saturated rings. The monoisotopic (exact) mass is 451 g/mol. The Morgan fingerprint density at radius 1 is 1.06 bits per heavy atom. The van der Waals surface area contributed by atoms with Gasteiger partial charge in [-0.3, -0.25) is 4.79 Å². The van der Waals surface area contributed by atoms with Gasteiger partial charge in [0.05, 0.1) is 18.1 Å². The molecule has 0 aromatic heterocycles. The summed E-state index contributed by atoms with van der Waals surface area (Å²) in [5.41, 5.74) is 1.53. The Balaban J connectivity index is 1.65. The molecule has 6 heteroatoms. The summed E-state index contributed by atoms with van der Waals surface area (Å²) in [7, 11) is -3.13. The molecule has 0 N–H and O–H groups in total. The number of hydrogen-bond acceptors (Lipinski definition) is 4. The second kappa shape index (κ2) is 9.74. The fourth-order valence-corrected chi connectivity index (χ4v) is 5.95. The lowest BCUT2D eigenvalue weighted by molar-refractivity contribution is 0.0681. The Kier molecular flexibility index (Phi) is 6.80. The van der Waals surface area contributed by atoms with E-state index in [2.05, 4.69) is 6.92 Å². The maximum atomic E-state index is 13.6. The second-order valence-corrected chi connectivity index (χ2v) is 10.6. The van der Waals surface area contributed by atoms with E-state index in [1.165, 1.54) is 0 Å². The highest BCUT2D eigenvalue weighted by Gasteiger charge is 2.35. The third kappa shape index (κ3) is 5.13. The molecule has 1 saturated heterocycles. The number of fused-ring (bicyclic) bond motifs is 1. The second-order valence-electron chi connectivity index (χ2n) is 8.36. The van der Waals surface area contributed by atoms with Gasteiger partial charge in [0.25, 0.3) is 5.91 Å². The van der Waals surface area contributed by atoms with Crippen LogP contribution in [0.4, 0.5) is 0 Å². The van der Waals surface area contributed by atoms with E-state index in [0.29, 0.717) is 30.9 Å². The molecule has 3 aromatic rings. The van der Waals surface area contributed by atoms with E-state index < -0.39 is 9.84 Å². The van der Waals surface area contributed by atoms with Gasteiger partial charge in [0, 0.05) is 18.2 Å². The minimum absolute atomic E-state index is 0.0101. The van der Waals surface area contributed by atoms with Crippen molar-refractivity contribution < 1.29 is 17.9 Å². The zero-order valence-electron chi connectivity index (χ0n) is 18.4. The van der Waals surface area contributed by atoms with Gasteiger partial charge in [0.2, 0.25) is 0 Å². The van der Waals surface area contributed by atoms with E-state index >= 15 is 0 Å². The van der Waals surface area contributed by atoms with Crippen molar-refractivity contribution in [3.05, 3.63) is 77.9 Å². The highest BCUT2D eigenvalue weighted by atomic mass is 32.2. The molecule has 0 spiro atoms. The topological polar surface area (TPSA) is 63.7 Å². The minimum atomic E-state index is -3.13. The van der Waals surface area contributed by atoms with Crippen molar-refractivity contribution >= 4 is 26.5 Å². The van der Waals surface area contributed by atoms with Gasteiger partial charge >= 0.3 is 0 Å². The number of benzene rings is 3. The fraction of sp³-hybridized carbons (Fsp3) is 0.346. The largest absolute Gasteiger partial charge is 0.494 e. The van der Waals surface area contributed by atoms with Crippen LogP contribution in [0, 0.1) is 0 Å². The molecule has 1 aliphatic rings. The molecule has 0 saturated carbocycles. The number of unbranched alkanes of at least 4 members (excludes halogenated alkanes) is 1. The molecule has 0 radical (unpaired) electrons. The van der Waals surface area contributed by atoms with Gasteiger partial charge in [-0.1, -0.05) is 61.9 Å². The van der Waals surface area contributed by atoms with E-state index in [4.69, 9.17) is 4.74 Å². The number of hydrogen-bond donors (Lipinski definition) is 0. The normalized spacial score (nSPS) is 17.3. The molecule has 0 unspecified atom stereocenters. The van der Waals surface area contributed by atoms with Crippen LogP contribution in [0.1, 0.15) is 42.1 Å². The number of rotatable bonds is 8. The van der Waals surface area contributed by atoms with E-state index in [0.717, 1.165) is 29.2 Å². The Labute approximate surface area is 189 Å². The number of carbonyl (C=O) groups excluding carboxylic acids is 1. The van der Waals surface area contributed by atoms with E-state index in [1.807, 2.05) is 54.6 Å². The standard InChI is InChI=1S/C26H29NO4S/c1-2-3-15-31-24-12-7-10-21(17-24)26(28)27(23-14-16-32(29,30)19-23)18-22-11-6-9-20-8-4-5-13-25(20)22/h4-13,17,23H,2-3,14-16,18-19H2,1H3/t23-/m0/s1. The summed E-state index contributed by atoms with van der Waals surface area (Å²) in [4.78, 5) is 15.4. The Morgan fingerprint density at radius 3 is 2.62 bits per heavy atom. The summed E-state index contributed by atoms with van der Waals surface area (Å²) in [6.45, 7) is 3.07. The van der Waals surface area contributed by atoms with Crippen LogP contribution in [-0.4, -0.2) is 43.4 Å². The molecule has 0 bridgehead atoms. The van der Waals surface area contributed by atoms with Crippen LogP contribution in [0.5, 0.6) is 5.75 Å². The van der Waals surface area contributed by atoms with Gasteiger partial charge in [0.15, 0.2) is 9.84 Å². The van der Waals surface area contributed by atoms with Gasteiger partial charge in [-0.15, -0.1) is 0 Å². The number of amides is 1. The van der Waals surface area contributed by atoms with E-state index in [9.17, 15) is 13.2 Å². The van der Waals surface area contributed by atoms with E-state index in [-0.39, 0.29) is 23.5 Å². The van der Waals surface area contributed by atoms with Crippen molar-refractivity contribution in [2.75, 3.05) is 18.1 Å². The van der Waals surface area contributed by atoms with Crippen LogP contribution in [0.3, 0.4) is 0 Å². The molecular weight excluding hydrogens is 422 g/mol. The summed E-state index contributed by atoms with van der Waals surface area (Å²) in [5.74, 6) is 0.627. The van der Waals surface area contributed by atoms with Crippen molar-refractivity contribution in [3.63, 3.8) is 0 Å². The molecule has 32 heavy (non-hydrogen) atoms. The predicted octanol–water partition coefficient (Wildman–Crippen LogP) is 4.85. The van der Waals surface area contributed by atoms with Crippen LogP contribution in [-0.2, 0) is 16.4 Å². The quantitative estimate of drug-likeness (QED) is 0.460. The third-order valence-electron chi connectivity index (χ3n) is 5.98. The highest BCUT2D eigenvalue weighted by molar-refractivity contribution is 7.91. The lowest BCUT2D eigenvalue weighted by Gasteiger charge is -2.29. The first-order chi connectivity index (χ1) is 15.5. The lowest BCUT2D eigenvalue weighted by Crippen LogP contribution is -2.40. The molecule has 5 nitrogen and oxygen atoms in total. The number of nitrogens with zero attached hydrogens (tertiary/aromatic N) is 1. The third-order valence-corrected chi connectivity index (χ3v) is 7.73. The van der Waals surface area contributed by atoms with Crippen molar-refractivity contribution in [1.82, 2.24) is 4.90 Å². The van der Waals surface area contributed by atoms with Gasteiger partial charge < -0.3 is 9.64 Å². The van der Waals surface area contributed by atoms with Gasteiger partial charge in [-0.05, 0) is 47.4 Å². The van der Waals surface area contributed by atoms with Crippen LogP contribution in [0.15, 0.2) is 66.7 Å². The van der Waals surface area contributed by atoms with Gasteiger partial charge in [-0.25, -0.2) is 8.42 Å². The van der Waals surface area contributed by atoms with Crippen LogP contribution in [0.2, 0.25) is 0 Å². The maximum Gasteiger partial charge on any atom is 0.254 e. The predicted molar refractivity (Wildman–Crippen MR) is 128 cm³/mol. The average Bonchev–Trinajstić information content (AvgIpc) is 3.17. The summed E-state index contributed by atoms with van der Waals surface area (Å²) < 4.78 is 30.2. The molecule has 3 aromatic carbocycles. The number of carbonyl (C=O) groups is 1. The highest BCUT2D eigenvalue weighted by Crippen LogP contribution is 2.26. The Bertz CT molecular complexity index is 1200. The summed E-state index contributed by atoms with van der Waals surface area (Å²) >= 11 is 0. The van der Waals surface area contributed by atoms with E-state index in [1.54, 1.807) is 17.0 Å². The number of sulfone groups is 1. The molecule has 1 aliphatic heterocycles. The van der Waals surface area contributed by atoms with Crippen LogP contribution >= 0.6 is 0 Å². The summed E-state index contributed by atoms with van der Waals surface area (Å²) in [6, 6.07) is 21.0.